The largest absolute Gasteiger partial charge is 0.480 e. The third-order valence-corrected chi connectivity index (χ3v) is 4.73. The SMILES string of the molecule is CCC(C)C(NC(=O)C(C)N)C(=O)NC(C(=O)NC(C)C(=O)O)C(C)CC. The van der Waals surface area contributed by atoms with Gasteiger partial charge in [-0.1, -0.05) is 40.5 Å². The van der Waals surface area contributed by atoms with E-state index in [1.54, 1.807) is 6.92 Å². The Balaban J connectivity index is 5.39. The molecule has 27 heavy (non-hydrogen) atoms. The van der Waals surface area contributed by atoms with Gasteiger partial charge in [0.15, 0.2) is 0 Å². The molecule has 0 saturated heterocycles. The van der Waals surface area contributed by atoms with Gasteiger partial charge in [-0.25, -0.2) is 0 Å². The number of carboxylic acid groups (broad SMARTS) is 1. The topological polar surface area (TPSA) is 151 Å². The number of rotatable bonds is 11. The Hall–Kier alpha value is -2.16. The maximum Gasteiger partial charge on any atom is 0.325 e. The van der Waals surface area contributed by atoms with Crippen molar-refractivity contribution in [3.63, 3.8) is 0 Å². The average Bonchev–Trinajstić information content (AvgIpc) is 2.61. The molecule has 9 heteroatoms. The van der Waals surface area contributed by atoms with Crippen LogP contribution < -0.4 is 21.7 Å². The molecule has 0 aromatic rings. The molecule has 0 radical (unpaired) electrons. The van der Waals surface area contributed by atoms with Crippen molar-refractivity contribution in [2.24, 2.45) is 17.6 Å². The lowest BCUT2D eigenvalue weighted by Gasteiger charge is -2.29. The van der Waals surface area contributed by atoms with Gasteiger partial charge in [0.05, 0.1) is 6.04 Å². The van der Waals surface area contributed by atoms with Crippen molar-refractivity contribution in [2.45, 2.75) is 78.6 Å². The molecule has 3 amide bonds. The van der Waals surface area contributed by atoms with Crippen LogP contribution in [0.2, 0.25) is 0 Å². The van der Waals surface area contributed by atoms with Crippen molar-refractivity contribution in [1.29, 1.82) is 0 Å². The zero-order chi connectivity index (χ0) is 21.3. The molecule has 156 valence electrons. The molecule has 0 aromatic heterocycles. The van der Waals surface area contributed by atoms with Crippen LogP contribution in [-0.4, -0.2) is 53.0 Å². The Morgan fingerprint density at radius 1 is 0.778 bits per heavy atom. The van der Waals surface area contributed by atoms with E-state index in [2.05, 4.69) is 16.0 Å². The fraction of sp³-hybridized carbons (Fsp3) is 0.778. The van der Waals surface area contributed by atoms with Crippen molar-refractivity contribution in [1.82, 2.24) is 16.0 Å². The monoisotopic (exact) mass is 386 g/mol. The first kappa shape index (κ1) is 24.8. The molecule has 0 fully saturated rings. The van der Waals surface area contributed by atoms with Crippen LogP contribution in [0.25, 0.3) is 0 Å². The van der Waals surface area contributed by atoms with Gasteiger partial charge in [0, 0.05) is 0 Å². The van der Waals surface area contributed by atoms with Crippen LogP contribution in [-0.2, 0) is 19.2 Å². The van der Waals surface area contributed by atoms with Crippen molar-refractivity contribution in [3.8, 4) is 0 Å². The summed E-state index contributed by atoms with van der Waals surface area (Å²) < 4.78 is 0. The van der Waals surface area contributed by atoms with Gasteiger partial charge in [-0.05, 0) is 25.7 Å². The second kappa shape index (κ2) is 11.5. The highest BCUT2D eigenvalue weighted by molar-refractivity contribution is 5.94. The molecular formula is C18H34N4O5. The molecule has 6 unspecified atom stereocenters. The van der Waals surface area contributed by atoms with Crippen LogP contribution in [0.4, 0.5) is 0 Å². The lowest BCUT2D eigenvalue weighted by molar-refractivity contribution is -0.142. The highest BCUT2D eigenvalue weighted by Crippen LogP contribution is 2.12. The Morgan fingerprint density at radius 3 is 1.48 bits per heavy atom. The number of amides is 3. The van der Waals surface area contributed by atoms with Crippen LogP contribution in [0.15, 0.2) is 0 Å². The highest BCUT2D eigenvalue weighted by Gasteiger charge is 2.33. The third kappa shape index (κ3) is 7.94. The van der Waals surface area contributed by atoms with Gasteiger partial charge < -0.3 is 26.8 Å². The molecule has 0 aromatic carbocycles. The van der Waals surface area contributed by atoms with E-state index in [0.717, 1.165) is 0 Å². The van der Waals surface area contributed by atoms with Crippen LogP contribution in [0.5, 0.6) is 0 Å². The first-order valence-corrected chi connectivity index (χ1v) is 9.35. The zero-order valence-corrected chi connectivity index (χ0v) is 17.0. The summed E-state index contributed by atoms with van der Waals surface area (Å²) in [7, 11) is 0. The normalized spacial score (nSPS) is 17.6. The predicted molar refractivity (Wildman–Crippen MR) is 102 cm³/mol. The van der Waals surface area contributed by atoms with Gasteiger partial charge in [0.1, 0.15) is 18.1 Å². The maximum atomic E-state index is 12.8. The van der Waals surface area contributed by atoms with Crippen molar-refractivity contribution >= 4 is 23.7 Å². The molecule has 0 aliphatic carbocycles. The average molecular weight is 386 g/mol. The molecule has 6 N–H and O–H groups in total. The third-order valence-electron chi connectivity index (χ3n) is 4.73. The van der Waals surface area contributed by atoms with Gasteiger partial charge in [-0.15, -0.1) is 0 Å². The minimum atomic E-state index is -1.17. The molecule has 0 bridgehead atoms. The smallest absolute Gasteiger partial charge is 0.325 e. The first-order chi connectivity index (χ1) is 12.5. The van der Waals surface area contributed by atoms with E-state index in [4.69, 9.17) is 10.8 Å². The van der Waals surface area contributed by atoms with E-state index in [-0.39, 0.29) is 11.8 Å². The maximum absolute atomic E-state index is 12.8. The van der Waals surface area contributed by atoms with Gasteiger partial charge in [0.2, 0.25) is 17.7 Å². The lowest BCUT2D eigenvalue weighted by Crippen LogP contribution is -2.59. The Bertz CT molecular complexity index is 538. The minimum absolute atomic E-state index is 0.175. The molecule has 0 rings (SSSR count). The van der Waals surface area contributed by atoms with Gasteiger partial charge in [-0.3, -0.25) is 19.2 Å². The first-order valence-electron chi connectivity index (χ1n) is 9.35. The van der Waals surface area contributed by atoms with Gasteiger partial charge in [0.25, 0.3) is 0 Å². The molecule has 0 heterocycles. The number of aliphatic carboxylic acids is 1. The van der Waals surface area contributed by atoms with Gasteiger partial charge in [-0.2, -0.15) is 0 Å². The van der Waals surface area contributed by atoms with E-state index in [1.165, 1.54) is 13.8 Å². The number of nitrogens with one attached hydrogen (secondary N) is 3. The standard InChI is InChI=1S/C18H34N4O5/c1-7-9(3)13(16(24)20-12(6)18(26)27)22-17(25)14(10(4)8-2)21-15(23)11(5)19/h9-14H,7-8,19H2,1-6H3,(H,20,24)(H,21,23)(H,22,25)(H,26,27). The summed E-state index contributed by atoms with van der Waals surface area (Å²) >= 11 is 0. The van der Waals surface area contributed by atoms with Crippen molar-refractivity contribution in [2.75, 3.05) is 0 Å². The number of hydrogen-bond donors (Lipinski definition) is 5. The van der Waals surface area contributed by atoms with Crippen molar-refractivity contribution in [3.05, 3.63) is 0 Å². The van der Waals surface area contributed by atoms with Gasteiger partial charge >= 0.3 is 5.97 Å². The predicted octanol–water partition coefficient (Wildman–Crippen LogP) is -0.0153. The lowest BCUT2D eigenvalue weighted by atomic mass is 9.94. The summed E-state index contributed by atoms with van der Waals surface area (Å²) in [6, 6.07) is -3.61. The Labute approximate surface area is 160 Å². The van der Waals surface area contributed by atoms with E-state index in [0.29, 0.717) is 12.8 Å². The fourth-order valence-corrected chi connectivity index (χ4v) is 2.30. The molecule has 0 aliphatic rings. The second-order valence-corrected chi connectivity index (χ2v) is 7.10. The highest BCUT2D eigenvalue weighted by atomic mass is 16.4. The van der Waals surface area contributed by atoms with E-state index < -0.39 is 47.9 Å². The summed E-state index contributed by atoms with van der Waals surface area (Å²) in [5, 5.41) is 16.7. The summed E-state index contributed by atoms with van der Waals surface area (Å²) in [4.78, 5) is 48.2. The van der Waals surface area contributed by atoms with E-state index in [1.807, 2.05) is 20.8 Å². The molecule has 0 aliphatic heterocycles. The Kier molecular flexibility index (Phi) is 10.6. The van der Waals surface area contributed by atoms with Crippen LogP contribution in [0.3, 0.4) is 0 Å². The van der Waals surface area contributed by atoms with Crippen LogP contribution in [0, 0.1) is 11.8 Å². The molecular weight excluding hydrogens is 352 g/mol. The Morgan fingerprint density at radius 2 is 1.15 bits per heavy atom. The number of nitrogens with two attached hydrogens (primary N) is 1. The molecule has 6 atom stereocenters. The van der Waals surface area contributed by atoms with Crippen molar-refractivity contribution < 1.29 is 24.3 Å². The number of carbonyl (C=O) groups is 4. The molecule has 0 saturated carbocycles. The summed E-state index contributed by atoms with van der Waals surface area (Å²) in [5.74, 6) is -3.10. The zero-order valence-electron chi connectivity index (χ0n) is 17.0. The number of carbonyl (C=O) groups excluding carboxylic acids is 3. The summed E-state index contributed by atoms with van der Waals surface area (Å²) in [5.41, 5.74) is 5.56. The van der Waals surface area contributed by atoms with Crippen LogP contribution in [0.1, 0.15) is 54.4 Å². The minimum Gasteiger partial charge on any atom is -0.480 e. The van der Waals surface area contributed by atoms with E-state index in [9.17, 15) is 19.2 Å². The summed E-state index contributed by atoms with van der Waals surface area (Å²) in [6.45, 7) is 10.2. The molecule has 9 nitrogen and oxygen atoms in total. The number of hydrogen-bond acceptors (Lipinski definition) is 5. The van der Waals surface area contributed by atoms with E-state index >= 15 is 0 Å². The fourth-order valence-electron chi connectivity index (χ4n) is 2.30. The number of carboxylic acids is 1. The second-order valence-electron chi connectivity index (χ2n) is 7.10. The quantitative estimate of drug-likeness (QED) is 0.337. The summed E-state index contributed by atoms with van der Waals surface area (Å²) in [6.07, 6.45) is 1.23. The van der Waals surface area contributed by atoms with Crippen LogP contribution >= 0.6 is 0 Å². The molecule has 0 spiro atoms.